The van der Waals surface area contributed by atoms with Crippen LogP contribution in [0.4, 0.5) is 0 Å². The van der Waals surface area contributed by atoms with Gasteiger partial charge in [0.05, 0.1) is 7.11 Å². The van der Waals surface area contributed by atoms with Crippen LogP contribution in [-0.2, 0) is 12.8 Å². The fourth-order valence-electron chi connectivity index (χ4n) is 2.41. The Bertz CT molecular complexity index is 573. The molecule has 0 unspecified atom stereocenters. The van der Waals surface area contributed by atoms with E-state index in [1.807, 2.05) is 38.1 Å². The van der Waals surface area contributed by atoms with E-state index in [4.69, 9.17) is 10.5 Å². The van der Waals surface area contributed by atoms with Crippen molar-refractivity contribution in [3.8, 4) is 5.75 Å². The van der Waals surface area contributed by atoms with Gasteiger partial charge in [0.2, 0.25) is 0 Å². The summed E-state index contributed by atoms with van der Waals surface area (Å²) in [5, 5.41) is 0. The normalized spacial score (nSPS) is 10.6. The van der Waals surface area contributed by atoms with E-state index in [1.165, 1.54) is 0 Å². The topological polar surface area (TPSA) is 61.0 Å². The number of rotatable bonds is 5. The summed E-state index contributed by atoms with van der Waals surface area (Å²) in [7, 11) is 1.68. The van der Waals surface area contributed by atoms with Crippen molar-refractivity contribution in [1.29, 1.82) is 0 Å². The summed E-state index contributed by atoms with van der Waals surface area (Å²) in [5.74, 6) is 1.70. The van der Waals surface area contributed by atoms with E-state index >= 15 is 0 Å². The summed E-state index contributed by atoms with van der Waals surface area (Å²) in [6.07, 6.45) is 1.50. The molecule has 0 bridgehead atoms. The van der Waals surface area contributed by atoms with E-state index in [1.54, 1.807) is 7.11 Å². The quantitative estimate of drug-likeness (QED) is 0.905. The average molecular weight is 271 g/mol. The second-order valence-corrected chi connectivity index (χ2v) is 4.82. The van der Waals surface area contributed by atoms with Gasteiger partial charge in [0, 0.05) is 23.4 Å². The molecule has 0 radical (unpaired) electrons. The molecule has 106 valence electrons. The first-order valence-corrected chi connectivity index (χ1v) is 6.80. The van der Waals surface area contributed by atoms with Gasteiger partial charge >= 0.3 is 0 Å². The smallest absolute Gasteiger partial charge is 0.133 e. The second kappa shape index (κ2) is 6.48. The van der Waals surface area contributed by atoms with Crippen molar-refractivity contribution in [2.75, 3.05) is 13.7 Å². The minimum Gasteiger partial charge on any atom is -0.496 e. The number of nitrogens with zero attached hydrogens (tertiary/aromatic N) is 2. The summed E-state index contributed by atoms with van der Waals surface area (Å²) in [4.78, 5) is 9.20. The van der Waals surface area contributed by atoms with Crippen molar-refractivity contribution < 1.29 is 4.74 Å². The maximum absolute atomic E-state index is 5.63. The molecule has 1 aromatic heterocycles. The molecule has 2 rings (SSSR count). The zero-order chi connectivity index (χ0) is 14.5. The van der Waals surface area contributed by atoms with E-state index in [0.717, 1.165) is 40.5 Å². The van der Waals surface area contributed by atoms with Crippen LogP contribution in [-0.4, -0.2) is 23.6 Å². The highest BCUT2D eigenvalue weighted by Gasteiger charge is 2.10. The van der Waals surface area contributed by atoms with Crippen LogP contribution in [0.1, 0.15) is 28.3 Å². The molecule has 0 saturated heterocycles. The largest absolute Gasteiger partial charge is 0.496 e. The third-order valence-electron chi connectivity index (χ3n) is 3.40. The van der Waals surface area contributed by atoms with Gasteiger partial charge in [0.15, 0.2) is 0 Å². The van der Waals surface area contributed by atoms with Crippen LogP contribution in [0.15, 0.2) is 24.3 Å². The SMILES string of the molecule is COc1ccccc1Cc1nc(C)c(CCN)c(C)n1. The predicted molar refractivity (Wildman–Crippen MR) is 80.1 cm³/mol. The van der Waals surface area contributed by atoms with Gasteiger partial charge in [-0.1, -0.05) is 18.2 Å². The van der Waals surface area contributed by atoms with Crippen molar-refractivity contribution >= 4 is 0 Å². The molecule has 0 amide bonds. The number of ether oxygens (including phenoxy) is 1. The van der Waals surface area contributed by atoms with Gasteiger partial charge in [-0.25, -0.2) is 9.97 Å². The van der Waals surface area contributed by atoms with Crippen LogP contribution in [0.25, 0.3) is 0 Å². The van der Waals surface area contributed by atoms with Crippen LogP contribution in [0.5, 0.6) is 5.75 Å². The highest BCUT2D eigenvalue weighted by atomic mass is 16.5. The zero-order valence-corrected chi connectivity index (χ0v) is 12.3. The lowest BCUT2D eigenvalue weighted by atomic mass is 10.1. The van der Waals surface area contributed by atoms with Crippen LogP contribution in [0.3, 0.4) is 0 Å². The molecular formula is C16H21N3O. The van der Waals surface area contributed by atoms with Gasteiger partial charge in [-0.15, -0.1) is 0 Å². The first-order chi connectivity index (χ1) is 9.65. The Kier molecular flexibility index (Phi) is 4.69. The molecule has 0 spiro atoms. The number of benzene rings is 1. The van der Waals surface area contributed by atoms with Gasteiger partial charge in [-0.2, -0.15) is 0 Å². The molecule has 0 aliphatic carbocycles. The summed E-state index contributed by atoms with van der Waals surface area (Å²) in [6.45, 7) is 4.66. The van der Waals surface area contributed by atoms with Crippen molar-refractivity contribution in [3.63, 3.8) is 0 Å². The maximum Gasteiger partial charge on any atom is 0.133 e. The van der Waals surface area contributed by atoms with E-state index in [9.17, 15) is 0 Å². The third-order valence-corrected chi connectivity index (χ3v) is 3.40. The average Bonchev–Trinajstić information content (AvgIpc) is 2.43. The molecule has 0 aliphatic rings. The van der Waals surface area contributed by atoms with Gasteiger partial charge in [-0.05, 0) is 38.4 Å². The fourth-order valence-corrected chi connectivity index (χ4v) is 2.41. The summed E-state index contributed by atoms with van der Waals surface area (Å²) in [5.41, 5.74) is 9.93. The summed E-state index contributed by atoms with van der Waals surface area (Å²) in [6, 6.07) is 7.96. The molecule has 2 N–H and O–H groups in total. The minimum atomic E-state index is 0.622. The number of para-hydroxylation sites is 1. The second-order valence-electron chi connectivity index (χ2n) is 4.82. The molecular weight excluding hydrogens is 250 g/mol. The molecule has 1 heterocycles. The van der Waals surface area contributed by atoms with E-state index in [0.29, 0.717) is 13.0 Å². The molecule has 4 nitrogen and oxygen atoms in total. The van der Waals surface area contributed by atoms with Crippen LogP contribution in [0.2, 0.25) is 0 Å². The van der Waals surface area contributed by atoms with Gasteiger partial charge in [0.25, 0.3) is 0 Å². The molecule has 2 aromatic rings. The van der Waals surface area contributed by atoms with Gasteiger partial charge in [-0.3, -0.25) is 0 Å². The highest BCUT2D eigenvalue weighted by molar-refractivity contribution is 5.36. The van der Waals surface area contributed by atoms with Crippen LogP contribution in [0, 0.1) is 13.8 Å². The first kappa shape index (κ1) is 14.5. The summed E-state index contributed by atoms with van der Waals surface area (Å²) >= 11 is 0. The van der Waals surface area contributed by atoms with E-state index in [-0.39, 0.29) is 0 Å². The van der Waals surface area contributed by atoms with Crippen molar-refractivity contribution in [2.24, 2.45) is 5.73 Å². The summed E-state index contributed by atoms with van der Waals surface area (Å²) < 4.78 is 5.37. The lowest BCUT2D eigenvalue weighted by Gasteiger charge is -2.11. The standard InChI is InChI=1S/C16H21N3O/c1-11-14(8-9-17)12(2)19-16(18-11)10-13-6-4-5-7-15(13)20-3/h4-7H,8-10,17H2,1-3H3. The Morgan fingerprint density at radius 2 is 1.75 bits per heavy atom. The lowest BCUT2D eigenvalue weighted by Crippen LogP contribution is -2.11. The molecule has 4 heteroatoms. The van der Waals surface area contributed by atoms with Crippen molar-refractivity contribution in [3.05, 3.63) is 52.6 Å². The Balaban J connectivity index is 2.30. The van der Waals surface area contributed by atoms with Gasteiger partial charge in [0.1, 0.15) is 11.6 Å². The monoisotopic (exact) mass is 271 g/mol. The predicted octanol–water partition coefficient (Wildman–Crippen LogP) is 2.19. The maximum atomic E-state index is 5.63. The fraction of sp³-hybridized carbons (Fsp3) is 0.375. The molecule has 0 aliphatic heterocycles. The third kappa shape index (κ3) is 3.14. The number of aromatic nitrogens is 2. The zero-order valence-electron chi connectivity index (χ0n) is 12.3. The Morgan fingerprint density at radius 3 is 2.35 bits per heavy atom. The lowest BCUT2D eigenvalue weighted by molar-refractivity contribution is 0.410. The molecule has 0 fully saturated rings. The highest BCUT2D eigenvalue weighted by Crippen LogP contribution is 2.20. The first-order valence-electron chi connectivity index (χ1n) is 6.80. The number of hydrogen-bond donors (Lipinski definition) is 1. The number of hydrogen-bond acceptors (Lipinski definition) is 4. The molecule has 0 atom stereocenters. The van der Waals surface area contributed by atoms with E-state index in [2.05, 4.69) is 9.97 Å². The Labute approximate surface area is 120 Å². The number of aryl methyl sites for hydroxylation is 2. The van der Waals surface area contributed by atoms with Crippen LogP contribution < -0.4 is 10.5 Å². The van der Waals surface area contributed by atoms with Crippen molar-refractivity contribution in [1.82, 2.24) is 9.97 Å². The van der Waals surface area contributed by atoms with Gasteiger partial charge < -0.3 is 10.5 Å². The van der Waals surface area contributed by atoms with Crippen molar-refractivity contribution in [2.45, 2.75) is 26.7 Å². The Morgan fingerprint density at radius 1 is 1.10 bits per heavy atom. The minimum absolute atomic E-state index is 0.622. The van der Waals surface area contributed by atoms with Crippen LogP contribution >= 0.6 is 0 Å². The number of methoxy groups -OCH3 is 1. The molecule has 0 saturated carbocycles. The Hall–Kier alpha value is -1.94. The van der Waals surface area contributed by atoms with E-state index < -0.39 is 0 Å². The molecule has 20 heavy (non-hydrogen) atoms. The number of nitrogens with two attached hydrogens (primary N) is 1. The molecule has 1 aromatic carbocycles.